The molecule has 3 heterocycles. The number of rotatable bonds is 5. The molecule has 0 saturated carbocycles. The molecule has 0 atom stereocenters. The zero-order valence-corrected chi connectivity index (χ0v) is 11.9. The van der Waals surface area contributed by atoms with E-state index >= 15 is 0 Å². The molecule has 1 aliphatic heterocycles. The second kappa shape index (κ2) is 5.29. The second-order valence-electron chi connectivity index (χ2n) is 4.82. The zero-order valence-electron chi connectivity index (χ0n) is 11.1. The molecule has 20 heavy (non-hydrogen) atoms. The van der Waals surface area contributed by atoms with Crippen molar-refractivity contribution < 1.29 is 9.90 Å². The van der Waals surface area contributed by atoms with Crippen molar-refractivity contribution in [2.24, 2.45) is 0 Å². The molecule has 1 fully saturated rings. The normalized spacial score (nSPS) is 16.2. The molecule has 0 aromatic carbocycles. The number of carboxylic acids is 1. The summed E-state index contributed by atoms with van der Waals surface area (Å²) in [6, 6.07) is 0.208. The standard InChI is InChI=1S/C12H15N5O2S/c1-2-11-13-8(7-20-11)3-16-4-9(5-16)17-6-10(12(18)19)14-15-17/h6-7,9H,2-5H2,1H3,(H,18,19). The number of carbonyl (C=O) groups is 1. The van der Waals surface area contributed by atoms with E-state index in [-0.39, 0.29) is 11.7 Å². The summed E-state index contributed by atoms with van der Waals surface area (Å²) >= 11 is 1.70. The van der Waals surface area contributed by atoms with Crippen LogP contribution < -0.4 is 0 Å². The molecule has 1 aliphatic rings. The molecular formula is C12H15N5O2S. The molecule has 106 valence electrons. The fourth-order valence-corrected chi connectivity index (χ4v) is 2.94. The zero-order chi connectivity index (χ0) is 14.1. The predicted molar refractivity (Wildman–Crippen MR) is 72.8 cm³/mol. The first-order valence-corrected chi connectivity index (χ1v) is 7.34. The summed E-state index contributed by atoms with van der Waals surface area (Å²) in [7, 11) is 0. The number of carboxylic acid groups (broad SMARTS) is 1. The number of thiazole rings is 1. The minimum atomic E-state index is -1.04. The Labute approximate surface area is 119 Å². The van der Waals surface area contributed by atoms with Crippen molar-refractivity contribution >= 4 is 17.3 Å². The fourth-order valence-electron chi connectivity index (χ4n) is 2.21. The Morgan fingerprint density at radius 2 is 2.35 bits per heavy atom. The Morgan fingerprint density at radius 1 is 1.55 bits per heavy atom. The van der Waals surface area contributed by atoms with E-state index in [0.29, 0.717) is 0 Å². The van der Waals surface area contributed by atoms with Crippen LogP contribution in [-0.4, -0.2) is 49.0 Å². The lowest BCUT2D eigenvalue weighted by Crippen LogP contribution is -2.47. The van der Waals surface area contributed by atoms with Gasteiger partial charge in [0.1, 0.15) is 0 Å². The van der Waals surface area contributed by atoms with Crippen molar-refractivity contribution in [3.63, 3.8) is 0 Å². The maximum Gasteiger partial charge on any atom is 0.358 e. The van der Waals surface area contributed by atoms with Crippen molar-refractivity contribution in [3.05, 3.63) is 28.0 Å². The number of hydrogen-bond acceptors (Lipinski definition) is 6. The average molecular weight is 293 g/mol. The number of aromatic carboxylic acids is 1. The maximum absolute atomic E-state index is 10.7. The van der Waals surface area contributed by atoms with Crippen LogP contribution in [0.25, 0.3) is 0 Å². The Balaban J connectivity index is 1.54. The summed E-state index contributed by atoms with van der Waals surface area (Å²) in [4.78, 5) is 17.6. The van der Waals surface area contributed by atoms with Crippen molar-refractivity contribution in [1.29, 1.82) is 0 Å². The van der Waals surface area contributed by atoms with Crippen molar-refractivity contribution in [2.75, 3.05) is 13.1 Å². The SMILES string of the molecule is CCc1nc(CN2CC(n3cc(C(=O)O)nn3)C2)cs1. The van der Waals surface area contributed by atoms with Crippen LogP contribution in [0, 0.1) is 0 Å². The average Bonchev–Trinajstić information content (AvgIpc) is 3.02. The first-order chi connectivity index (χ1) is 9.65. The van der Waals surface area contributed by atoms with Crippen LogP contribution in [0.2, 0.25) is 0 Å². The van der Waals surface area contributed by atoms with Crippen LogP contribution in [0.3, 0.4) is 0 Å². The van der Waals surface area contributed by atoms with Gasteiger partial charge in [-0.2, -0.15) is 0 Å². The summed E-state index contributed by atoms with van der Waals surface area (Å²) in [5.74, 6) is -1.04. The van der Waals surface area contributed by atoms with E-state index in [4.69, 9.17) is 5.11 Å². The lowest BCUT2D eigenvalue weighted by Gasteiger charge is -2.38. The minimum absolute atomic E-state index is 0.00413. The van der Waals surface area contributed by atoms with Crippen LogP contribution in [0.15, 0.2) is 11.6 Å². The first kappa shape index (κ1) is 13.2. The molecule has 0 unspecified atom stereocenters. The quantitative estimate of drug-likeness (QED) is 0.887. The molecule has 0 spiro atoms. The summed E-state index contributed by atoms with van der Waals surface area (Å²) < 4.78 is 1.64. The van der Waals surface area contributed by atoms with E-state index in [1.54, 1.807) is 16.0 Å². The summed E-state index contributed by atoms with van der Waals surface area (Å²) in [5.41, 5.74) is 1.10. The largest absolute Gasteiger partial charge is 0.476 e. The number of likely N-dealkylation sites (tertiary alicyclic amines) is 1. The van der Waals surface area contributed by atoms with E-state index in [1.165, 1.54) is 11.2 Å². The topological polar surface area (TPSA) is 84.1 Å². The van der Waals surface area contributed by atoms with Crippen molar-refractivity contribution in [2.45, 2.75) is 25.9 Å². The molecule has 0 aliphatic carbocycles. The molecule has 1 N–H and O–H groups in total. The van der Waals surface area contributed by atoms with E-state index in [1.807, 2.05) is 0 Å². The second-order valence-corrected chi connectivity index (χ2v) is 5.77. The molecule has 2 aromatic heterocycles. The van der Waals surface area contributed by atoms with Crippen LogP contribution in [-0.2, 0) is 13.0 Å². The number of aryl methyl sites for hydroxylation is 1. The van der Waals surface area contributed by atoms with E-state index < -0.39 is 5.97 Å². The first-order valence-electron chi connectivity index (χ1n) is 6.46. The van der Waals surface area contributed by atoms with Gasteiger partial charge in [0.15, 0.2) is 5.69 Å². The highest BCUT2D eigenvalue weighted by Crippen LogP contribution is 2.23. The highest BCUT2D eigenvalue weighted by Gasteiger charge is 2.30. The van der Waals surface area contributed by atoms with Gasteiger partial charge in [-0.1, -0.05) is 12.1 Å². The fraction of sp³-hybridized carbons (Fsp3) is 0.500. The van der Waals surface area contributed by atoms with Crippen LogP contribution in [0.4, 0.5) is 0 Å². The molecule has 7 nitrogen and oxygen atoms in total. The predicted octanol–water partition coefficient (Wildman–Crippen LogP) is 1.05. The van der Waals surface area contributed by atoms with E-state index in [0.717, 1.165) is 31.7 Å². The third kappa shape index (κ3) is 2.56. The van der Waals surface area contributed by atoms with Crippen LogP contribution in [0.5, 0.6) is 0 Å². The molecule has 3 rings (SSSR count). The molecule has 2 aromatic rings. The molecule has 1 saturated heterocycles. The molecule has 0 bridgehead atoms. The van der Waals surface area contributed by atoms with Crippen molar-refractivity contribution in [1.82, 2.24) is 24.9 Å². The molecular weight excluding hydrogens is 278 g/mol. The minimum Gasteiger partial charge on any atom is -0.476 e. The lowest BCUT2D eigenvalue weighted by atomic mass is 10.1. The maximum atomic E-state index is 10.7. The monoisotopic (exact) mass is 293 g/mol. The van der Waals surface area contributed by atoms with E-state index in [2.05, 4.69) is 32.5 Å². The van der Waals surface area contributed by atoms with Gasteiger partial charge < -0.3 is 5.11 Å². The third-order valence-corrected chi connectivity index (χ3v) is 4.37. The summed E-state index contributed by atoms with van der Waals surface area (Å²) in [6.07, 6.45) is 2.46. The van der Waals surface area contributed by atoms with Gasteiger partial charge in [-0.05, 0) is 6.42 Å². The highest BCUT2D eigenvalue weighted by atomic mass is 32.1. The van der Waals surface area contributed by atoms with E-state index in [9.17, 15) is 4.79 Å². The highest BCUT2D eigenvalue weighted by molar-refractivity contribution is 7.09. The van der Waals surface area contributed by atoms with Crippen molar-refractivity contribution in [3.8, 4) is 0 Å². The van der Waals surface area contributed by atoms with Gasteiger partial charge in [0, 0.05) is 25.0 Å². The van der Waals surface area contributed by atoms with Gasteiger partial charge in [-0.25, -0.2) is 14.5 Å². The Morgan fingerprint density at radius 3 is 2.95 bits per heavy atom. The number of hydrogen-bond donors (Lipinski definition) is 1. The van der Waals surface area contributed by atoms with Gasteiger partial charge in [-0.3, -0.25) is 4.90 Å². The summed E-state index contributed by atoms with van der Waals surface area (Å²) in [5, 5.41) is 19.6. The van der Waals surface area contributed by atoms with Gasteiger partial charge in [0.05, 0.1) is 22.9 Å². The number of nitrogens with zero attached hydrogens (tertiary/aromatic N) is 5. The van der Waals surface area contributed by atoms with Crippen LogP contribution >= 0.6 is 11.3 Å². The Kier molecular flexibility index (Phi) is 3.49. The smallest absolute Gasteiger partial charge is 0.358 e. The summed E-state index contributed by atoms with van der Waals surface area (Å²) in [6.45, 7) is 4.64. The Bertz CT molecular complexity index is 617. The van der Waals surface area contributed by atoms with Gasteiger partial charge >= 0.3 is 5.97 Å². The van der Waals surface area contributed by atoms with Crippen LogP contribution in [0.1, 0.15) is 34.2 Å². The van der Waals surface area contributed by atoms with Gasteiger partial charge in [0.25, 0.3) is 0 Å². The Hall–Kier alpha value is -1.80. The number of aromatic nitrogens is 4. The third-order valence-electron chi connectivity index (χ3n) is 3.33. The molecule has 8 heteroatoms. The lowest BCUT2D eigenvalue weighted by molar-refractivity contribution is 0.0690. The molecule has 0 radical (unpaired) electrons. The molecule has 0 amide bonds. The van der Waals surface area contributed by atoms with Gasteiger partial charge in [0.2, 0.25) is 0 Å². The van der Waals surface area contributed by atoms with Gasteiger partial charge in [-0.15, -0.1) is 16.4 Å².